The highest BCUT2D eigenvalue weighted by molar-refractivity contribution is 7.99. The highest BCUT2D eigenvalue weighted by atomic mass is 32.2. The van der Waals surface area contributed by atoms with Gasteiger partial charge < -0.3 is 14.6 Å². The Bertz CT molecular complexity index is 865. The number of ether oxygens (including phenoxy) is 1. The number of nitrogens with one attached hydrogen (secondary N) is 1. The lowest BCUT2D eigenvalue weighted by Gasteiger charge is -2.08. The van der Waals surface area contributed by atoms with Gasteiger partial charge in [0, 0.05) is 30.0 Å². The van der Waals surface area contributed by atoms with E-state index in [1.54, 1.807) is 30.5 Å². The van der Waals surface area contributed by atoms with Crippen molar-refractivity contribution in [3.05, 3.63) is 66.7 Å². The molecule has 0 saturated carbocycles. The summed E-state index contributed by atoms with van der Waals surface area (Å²) in [6.07, 6.45) is 3.62. The minimum Gasteiger partial charge on any atom is -0.481 e. The van der Waals surface area contributed by atoms with Gasteiger partial charge in [-0.2, -0.15) is 0 Å². The number of carbonyl (C=O) groups excluding carboxylic acids is 1. The number of benzene rings is 2. The predicted molar refractivity (Wildman–Crippen MR) is 94.3 cm³/mol. The molecule has 0 aliphatic rings. The lowest BCUT2D eigenvalue weighted by atomic mass is 10.3. The molecular formula is C18H16FN3O2S. The van der Waals surface area contributed by atoms with Crippen LogP contribution in [0, 0.1) is 5.82 Å². The first kappa shape index (κ1) is 17.0. The van der Waals surface area contributed by atoms with Crippen LogP contribution in [0.1, 0.15) is 0 Å². The Morgan fingerprint density at radius 2 is 2.00 bits per heavy atom. The first-order chi connectivity index (χ1) is 12.1. The second-order valence-corrected chi connectivity index (χ2v) is 6.26. The molecule has 7 heteroatoms. The van der Waals surface area contributed by atoms with Crippen molar-refractivity contribution < 1.29 is 13.9 Å². The molecule has 1 heterocycles. The first-order valence-electron chi connectivity index (χ1n) is 7.54. The van der Waals surface area contributed by atoms with E-state index in [2.05, 4.69) is 10.3 Å². The van der Waals surface area contributed by atoms with E-state index >= 15 is 0 Å². The third-order valence-corrected chi connectivity index (χ3v) is 4.40. The molecule has 0 radical (unpaired) electrons. The number of anilines is 1. The largest absolute Gasteiger partial charge is 0.481 e. The summed E-state index contributed by atoms with van der Waals surface area (Å²) < 4.78 is 20.5. The molecule has 3 aromatic rings. The Hall–Kier alpha value is -2.80. The summed E-state index contributed by atoms with van der Waals surface area (Å²) in [5.41, 5.74) is 0.645. The van der Waals surface area contributed by atoms with E-state index in [9.17, 15) is 9.18 Å². The number of hydrogen-bond acceptors (Lipinski definition) is 4. The monoisotopic (exact) mass is 357 g/mol. The van der Waals surface area contributed by atoms with Gasteiger partial charge in [-0.25, -0.2) is 9.37 Å². The first-order valence-corrected chi connectivity index (χ1v) is 8.36. The van der Waals surface area contributed by atoms with Crippen LogP contribution in [0.25, 0.3) is 0 Å². The molecule has 1 amide bonds. The summed E-state index contributed by atoms with van der Waals surface area (Å²) in [7, 11) is 1.93. The van der Waals surface area contributed by atoms with Crippen molar-refractivity contribution in [1.29, 1.82) is 0 Å². The smallest absolute Gasteiger partial charge is 0.262 e. The number of rotatable bonds is 6. The van der Waals surface area contributed by atoms with Gasteiger partial charge in [0.2, 0.25) is 0 Å². The molecule has 2 aromatic carbocycles. The van der Waals surface area contributed by atoms with Crippen LogP contribution >= 0.6 is 11.8 Å². The zero-order chi connectivity index (χ0) is 17.6. The number of halogens is 1. The van der Waals surface area contributed by atoms with Crippen LogP contribution in [0.4, 0.5) is 10.1 Å². The van der Waals surface area contributed by atoms with Crippen molar-refractivity contribution in [1.82, 2.24) is 9.55 Å². The molecule has 0 saturated heterocycles. The summed E-state index contributed by atoms with van der Waals surface area (Å²) in [5, 5.41) is 3.60. The van der Waals surface area contributed by atoms with Crippen LogP contribution in [0.15, 0.2) is 71.0 Å². The highest BCUT2D eigenvalue weighted by Crippen LogP contribution is 2.26. The lowest BCUT2D eigenvalue weighted by Crippen LogP contribution is -2.20. The summed E-state index contributed by atoms with van der Waals surface area (Å²) in [6, 6.07) is 13.4. The molecule has 0 unspecified atom stereocenters. The fraction of sp³-hybridized carbons (Fsp3) is 0.111. The quantitative estimate of drug-likeness (QED) is 0.730. The van der Waals surface area contributed by atoms with Gasteiger partial charge in [-0.15, -0.1) is 0 Å². The molecule has 0 spiro atoms. The van der Waals surface area contributed by atoms with Crippen molar-refractivity contribution in [2.24, 2.45) is 7.05 Å². The molecule has 5 nitrogen and oxygen atoms in total. The number of carbonyl (C=O) groups is 1. The molecule has 3 rings (SSSR count). The summed E-state index contributed by atoms with van der Waals surface area (Å²) in [6.45, 7) is -0.259. The molecule has 0 fully saturated rings. The van der Waals surface area contributed by atoms with Crippen molar-refractivity contribution in [3.63, 3.8) is 0 Å². The summed E-state index contributed by atoms with van der Waals surface area (Å²) in [5.74, 6) is -0.793. The Balaban J connectivity index is 1.53. The van der Waals surface area contributed by atoms with E-state index in [1.165, 1.54) is 23.9 Å². The predicted octanol–water partition coefficient (Wildman–Crippen LogP) is 3.73. The maximum atomic E-state index is 13.4. The maximum absolute atomic E-state index is 13.4. The molecule has 1 aromatic heterocycles. The van der Waals surface area contributed by atoms with Crippen LogP contribution in [0.5, 0.6) is 5.75 Å². The minimum atomic E-state index is -0.494. The van der Waals surface area contributed by atoms with Gasteiger partial charge in [0.1, 0.15) is 0 Å². The minimum absolute atomic E-state index is 0.0551. The highest BCUT2D eigenvalue weighted by Gasteiger charge is 2.07. The third-order valence-electron chi connectivity index (χ3n) is 3.32. The van der Waals surface area contributed by atoms with E-state index in [-0.39, 0.29) is 18.3 Å². The normalized spacial score (nSPS) is 10.5. The van der Waals surface area contributed by atoms with Crippen molar-refractivity contribution in [2.75, 3.05) is 11.9 Å². The van der Waals surface area contributed by atoms with Crippen LogP contribution in [-0.4, -0.2) is 22.1 Å². The van der Waals surface area contributed by atoms with Crippen LogP contribution in [0.2, 0.25) is 0 Å². The zero-order valence-electron chi connectivity index (χ0n) is 13.5. The van der Waals surface area contributed by atoms with Crippen molar-refractivity contribution >= 4 is 23.4 Å². The van der Waals surface area contributed by atoms with Crippen LogP contribution < -0.4 is 10.1 Å². The van der Waals surface area contributed by atoms with Crippen LogP contribution in [0.3, 0.4) is 0 Å². The number of imidazole rings is 1. The van der Waals surface area contributed by atoms with Crippen molar-refractivity contribution in [3.8, 4) is 5.75 Å². The average Bonchev–Trinajstić information content (AvgIpc) is 3.01. The number of para-hydroxylation sites is 1. The van der Waals surface area contributed by atoms with E-state index in [0.717, 1.165) is 10.1 Å². The SMILES string of the molecule is Cn1ccnc1Sc1ccc(NC(=O)COc2ccccc2F)cc1. The average molecular weight is 357 g/mol. The number of aromatic nitrogens is 2. The van der Waals surface area contributed by atoms with Gasteiger partial charge in [-0.05, 0) is 36.4 Å². The Labute approximate surface area is 148 Å². The number of amides is 1. The van der Waals surface area contributed by atoms with Gasteiger partial charge in [0.05, 0.1) is 0 Å². The molecule has 1 N–H and O–H groups in total. The molecule has 128 valence electrons. The van der Waals surface area contributed by atoms with Gasteiger partial charge >= 0.3 is 0 Å². The Morgan fingerprint density at radius 1 is 1.24 bits per heavy atom. The fourth-order valence-electron chi connectivity index (χ4n) is 2.06. The van der Waals surface area contributed by atoms with Crippen LogP contribution in [-0.2, 0) is 11.8 Å². The zero-order valence-corrected chi connectivity index (χ0v) is 14.3. The van der Waals surface area contributed by atoms with Gasteiger partial charge in [0.15, 0.2) is 23.3 Å². The standard InChI is InChI=1S/C18H16FN3O2S/c1-22-11-10-20-18(22)25-14-8-6-13(7-9-14)21-17(23)12-24-16-5-3-2-4-15(16)19/h2-11H,12H2,1H3,(H,21,23). The summed E-state index contributed by atoms with van der Waals surface area (Å²) >= 11 is 1.53. The second kappa shape index (κ2) is 7.85. The molecule has 0 atom stereocenters. The van der Waals surface area contributed by atoms with E-state index in [1.807, 2.05) is 29.9 Å². The molecule has 0 bridgehead atoms. The maximum Gasteiger partial charge on any atom is 0.262 e. The number of nitrogens with zero attached hydrogens (tertiary/aromatic N) is 2. The van der Waals surface area contributed by atoms with Gasteiger partial charge in [0.25, 0.3) is 5.91 Å². The Kier molecular flexibility index (Phi) is 5.35. The lowest BCUT2D eigenvalue weighted by molar-refractivity contribution is -0.118. The second-order valence-electron chi connectivity index (χ2n) is 5.21. The number of aryl methyl sites for hydroxylation is 1. The molecule has 25 heavy (non-hydrogen) atoms. The van der Waals surface area contributed by atoms with Gasteiger partial charge in [-0.3, -0.25) is 4.79 Å². The van der Waals surface area contributed by atoms with Gasteiger partial charge in [-0.1, -0.05) is 23.9 Å². The fourth-order valence-corrected chi connectivity index (χ4v) is 2.87. The molecule has 0 aliphatic carbocycles. The Morgan fingerprint density at radius 3 is 2.68 bits per heavy atom. The van der Waals surface area contributed by atoms with E-state index in [0.29, 0.717) is 5.69 Å². The van der Waals surface area contributed by atoms with E-state index < -0.39 is 5.82 Å². The molecule has 0 aliphatic heterocycles. The summed E-state index contributed by atoms with van der Waals surface area (Å²) in [4.78, 5) is 17.2. The topological polar surface area (TPSA) is 56.2 Å². The number of hydrogen-bond donors (Lipinski definition) is 1. The molecular weight excluding hydrogens is 341 g/mol. The van der Waals surface area contributed by atoms with Crippen molar-refractivity contribution in [2.45, 2.75) is 10.1 Å². The third kappa shape index (κ3) is 4.60. The van der Waals surface area contributed by atoms with E-state index in [4.69, 9.17) is 4.74 Å².